The first kappa shape index (κ1) is 19.8. The molecule has 3 rings (SSSR count). The molecule has 2 aromatic rings. The molecule has 2 aromatic carbocycles. The van der Waals surface area contributed by atoms with Crippen LogP contribution >= 0.6 is 23.2 Å². The molecule has 28 heavy (non-hydrogen) atoms. The SMILES string of the molecule is O=C(O)C(=O)Nc1cc(Cl)c(Oc2ccc(O)c(C(=O)NC3CC3)c2)c(Cl)c1. The van der Waals surface area contributed by atoms with E-state index in [-0.39, 0.29) is 44.6 Å². The molecule has 146 valence electrons. The number of aromatic hydroxyl groups is 1. The molecule has 0 spiro atoms. The Morgan fingerprint density at radius 3 is 2.29 bits per heavy atom. The van der Waals surface area contributed by atoms with Gasteiger partial charge >= 0.3 is 11.9 Å². The average molecular weight is 425 g/mol. The molecule has 2 amide bonds. The van der Waals surface area contributed by atoms with E-state index in [1.807, 2.05) is 0 Å². The number of aliphatic carboxylic acids is 1. The molecule has 1 saturated carbocycles. The molecule has 0 unspecified atom stereocenters. The number of ether oxygens (including phenoxy) is 1. The van der Waals surface area contributed by atoms with E-state index in [1.54, 1.807) is 0 Å². The highest BCUT2D eigenvalue weighted by Crippen LogP contribution is 2.39. The molecule has 1 aliphatic rings. The fourth-order valence-corrected chi connectivity index (χ4v) is 2.85. The van der Waals surface area contributed by atoms with E-state index in [0.717, 1.165) is 12.8 Å². The highest BCUT2D eigenvalue weighted by molar-refractivity contribution is 6.39. The van der Waals surface area contributed by atoms with Gasteiger partial charge in [0.1, 0.15) is 11.5 Å². The van der Waals surface area contributed by atoms with Crippen molar-refractivity contribution in [1.29, 1.82) is 0 Å². The quantitative estimate of drug-likeness (QED) is 0.545. The van der Waals surface area contributed by atoms with Crippen molar-refractivity contribution < 1.29 is 29.3 Å². The summed E-state index contributed by atoms with van der Waals surface area (Å²) in [6, 6.07) is 6.74. The fourth-order valence-electron chi connectivity index (χ4n) is 2.28. The van der Waals surface area contributed by atoms with Crippen molar-refractivity contribution in [2.75, 3.05) is 5.32 Å². The zero-order valence-electron chi connectivity index (χ0n) is 14.2. The number of benzene rings is 2. The maximum absolute atomic E-state index is 12.2. The van der Waals surface area contributed by atoms with Crippen LogP contribution in [0.4, 0.5) is 5.69 Å². The third-order valence-corrected chi connectivity index (χ3v) is 4.36. The molecule has 0 heterocycles. The predicted octanol–water partition coefficient (Wildman–Crippen LogP) is 3.41. The summed E-state index contributed by atoms with van der Waals surface area (Å²) in [6.07, 6.45) is 1.80. The molecule has 1 aliphatic carbocycles. The molecule has 10 heteroatoms. The lowest BCUT2D eigenvalue weighted by Crippen LogP contribution is -2.25. The van der Waals surface area contributed by atoms with Crippen LogP contribution in [0.2, 0.25) is 10.0 Å². The van der Waals surface area contributed by atoms with Crippen molar-refractivity contribution in [2.45, 2.75) is 18.9 Å². The number of amides is 2. The van der Waals surface area contributed by atoms with E-state index in [9.17, 15) is 19.5 Å². The summed E-state index contributed by atoms with van der Waals surface area (Å²) in [7, 11) is 0. The molecule has 0 atom stereocenters. The van der Waals surface area contributed by atoms with Gasteiger partial charge in [0.15, 0.2) is 5.75 Å². The summed E-state index contributed by atoms with van der Waals surface area (Å²) in [5.41, 5.74) is 0.118. The minimum atomic E-state index is -1.66. The van der Waals surface area contributed by atoms with E-state index in [2.05, 4.69) is 10.6 Å². The maximum atomic E-state index is 12.2. The Morgan fingerprint density at radius 2 is 1.71 bits per heavy atom. The Morgan fingerprint density at radius 1 is 1.07 bits per heavy atom. The normalized spacial score (nSPS) is 12.9. The number of phenolic OH excluding ortho intramolecular Hbond substituents is 1. The number of phenols is 1. The van der Waals surface area contributed by atoms with Gasteiger partial charge in [-0.25, -0.2) is 4.79 Å². The van der Waals surface area contributed by atoms with E-state index >= 15 is 0 Å². The molecule has 0 saturated heterocycles. The Kier molecular flexibility index (Phi) is 5.62. The molecule has 0 aliphatic heterocycles. The minimum absolute atomic E-state index is 0.00486. The molecular formula is C18H14Cl2N2O6. The lowest BCUT2D eigenvalue weighted by atomic mass is 10.1. The van der Waals surface area contributed by atoms with Gasteiger partial charge in [-0.05, 0) is 43.2 Å². The maximum Gasteiger partial charge on any atom is 0.394 e. The number of hydrogen-bond acceptors (Lipinski definition) is 5. The second kappa shape index (κ2) is 7.95. The van der Waals surface area contributed by atoms with Crippen LogP contribution in [-0.2, 0) is 9.59 Å². The Labute approximate surface area is 169 Å². The molecule has 1 fully saturated rings. The van der Waals surface area contributed by atoms with Gasteiger partial charge in [-0.1, -0.05) is 23.2 Å². The van der Waals surface area contributed by atoms with Gasteiger partial charge in [0.05, 0.1) is 15.6 Å². The van der Waals surface area contributed by atoms with Crippen molar-refractivity contribution >= 4 is 46.7 Å². The number of hydrogen-bond donors (Lipinski definition) is 4. The van der Waals surface area contributed by atoms with Gasteiger partial charge in [-0.3, -0.25) is 9.59 Å². The third kappa shape index (κ3) is 4.65. The highest BCUT2D eigenvalue weighted by Gasteiger charge is 2.25. The van der Waals surface area contributed by atoms with Crippen molar-refractivity contribution in [2.24, 2.45) is 0 Å². The largest absolute Gasteiger partial charge is 0.507 e. The van der Waals surface area contributed by atoms with Gasteiger partial charge in [0.2, 0.25) is 0 Å². The van der Waals surface area contributed by atoms with Crippen LogP contribution in [-0.4, -0.2) is 34.0 Å². The van der Waals surface area contributed by atoms with Crippen LogP contribution in [0.5, 0.6) is 17.2 Å². The second-order valence-electron chi connectivity index (χ2n) is 6.06. The second-order valence-corrected chi connectivity index (χ2v) is 6.87. The average Bonchev–Trinajstić information content (AvgIpc) is 3.43. The Hall–Kier alpha value is -2.97. The summed E-state index contributed by atoms with van der Waals surface area (Å²) in [5.74, 6) is -3.29. The fraction of sp³-hybridized carbons (Fsp3) is 0.167. The van der Waals surface area contributed by atoms with Crippen LogP contribution < -0.4 is 15.4 Å². The molecular weight excluding hydrogens is 411 g/mol. The summed E-state index contributed by atoms with van der Waals surface area (Å²) < 4.78 is 5.63. The number of rotatable bonds is 5. The third-order valence-electron chi connectivity index (χ3n) is 3.80. The van der Waals surface area contributed by atoms with Gasteiger partial charge in [0.25, 0.3) is 5.91 Å². The monoisotopic (exact) mass is 424 g/mol. The van der Waals surface area contributed by atoms with Crippen molar-refractivity contribution in [3.05, 3.63) is 45.9 Å². The molecule has 0 radical (unpaired) electrons. The lowest BCUT2D eigenvalue weighted by Gasteiger charge is -2.13. The summed E-state index contributed by atoms with van der Waals surface area (Å²) in [4.78, 5) is 34.0. The van der Waals surface area contributed by atoms with Crippen LogP contribution in [0, 0.1) is 0 Å². The number of carboxylic acids is 1. The van der Waals surface area contributed by atoms with Crippen molar-refractivity contribution in [3.63, 3.8) is 0 Å². The Balaban J connectivity index is 1.82. The number of carbonyl (C=O) groups excluding carboxylic acids is 2. The number of carbonyl (C=O) groups is 3. The van der Waals surface area contributed by atoms with E-state index in [4.69, 9.17) is 33.0 Å². The van der Waals surface area contributed by atoms with E-state index < -0.39 is 17.8 Å². The number of anilines is 1. The molecule has 0 aromatic heterocycles. The van der Waals surface area contributed by atoms with E-state index in [1.165, 1.54) is 30.3 Å². The molecule has 8 nitrogen and oxygen atoms in total. The zero-order valence-corrected chi connectivity index (χ0v) is 15.7. The van der Waals surface area contributed by atoms with Crippen LogP contribution in [0.25, 0.3) is 0 Å². The van der Waals surface area contributed by atoms with Crippen LogP contribution in [0.3, 0.4) is 0 Å². The zero-order chi connectivity index (χ0) is 20.4. The van der Waals surface area contributed by atoms with Gasteiger partial charge in [-0.15, -0.1) is 0 Å². The van der Waals surface area contributed by atoms with Gasteiger partial charge in [0, 0.05) is 11.7 Å². The molecule has 4 N–H and O–H groups in total. The summed E-state index contributed by atoms with van der Waals surface area (Å²) >= 11 is 12.2. The summed E-state index contributed by atoms with van der Waals surface area (Å²) in [5, 5.41) is 23.4. The van der Waals surface area contributed by atoms with Crippen molar-refractivity contribution in [3.8, 4) is 17.2 Å². The summed E-state index contributed by atoms with van der Waals surface area (Å²) in [6.45, 7) is 0. The van der Waals surface area contributed by atoms with Crippen LogP contribution in [0.1, 0.15) is 23.2 Å². The van der Waals surface area contributed by atoms with Gasteiger partial charge in [-0.2, -0.15) is 0 Å². The highest BCUT2D eigenvalue weighted by atomic mass is 35.5. The van der Waals surface area contributed by atoms with Crippen LogP contribution in [0.15, 0.2) is 30.3 Å². The minimum Gasteiger partial charge on any atom is -0.507 e. The predicted molar refractivity (Wildman–Crippen MR) is 101 cm³/mol. The first-order valence-electron chi connectivity index (χ1n) is 8.09. The van der Waals surface area contributed by atoms with Crippen molar-refractivity contribution in [1.82, 2.24) is 5.32 Å². The molecule has 0 bridgehead atoms. The Bertz CT molecular complexity index is 952. The first-order valence-corrected chi connectivity index (χ1v) is 8.85. The number of nitrogens with one attached hydrogen (secondary N) is 2. The number of carboxylic acid groups (broad SMARTS) is 1. The number of halogens is 2. The standard InChI is InChI=1S/C18H14Cl2N2O6/c19-12-5-9(22-17(25)18(26)27)6-13(20)15(12)28-10-3-4-14(23)11(7-10)16(24)21-8-1-2-8/h3-8,23H,1-2H2,(H,21,24)(H,22,25)(H,26,27). The topological polar surface area (TPSA) is 125 Å². The van der Waals surface area contributed by atoms with E-state index in [0.29, 0.717) is 0 Å². The first-order chi connectivity index (χ1) is 13.2. The van der Waals surface area contributed by atoms with Gasteiger partial charge < -0.3 is 25.6 Å². The smallest absolute Gasteiger partial charge is 0.394 e. The lowest BCUT2D eigenvalue weighted by molar-refractivity contribution is -0.147.